The van der Waals surface area contributed by atoms with Crippen molar-refractivity contribution in [1.29, 1.82) is 0 Å². The summed E-state index contributed by atoms with van der Waals surface area (Å²) in [7, 11) is 2.05. The van der Waals surface area contributed by atoms with Crippen LogP contribution in [-0.2, 0) is 11.2 Å². The van der Waals surface area contributed by atoms with E-state index < -0.39 is 0 Å². The van der Waals surface area contributed by atoms with Crippen molar-refractivity contribution in [2.24, 2.45) is 5.73 Å². The Morgan fingerprint density at radius 2 is 2.16 bits per heavy atom. The van der Waals surface area contributed by atoms with Gasteiger partial charge in [0.05, 0.1) is 6.54 Å². The molecule has 0 aliphatic carbocycles. The van der Waals surface area contributed by atoms with Gasteiger partial charge in [-0.2, -0.15) is 0 Å². The van der Waals surface area contributed by atoms with Crippen molar-refractivity contribution in [1.82, 2.24) is 10.2 Å². The minimum Gasteiger partial charge on any atom is -0.368 e. The molecule has 1 atom stereocenters. The van der Waals surface area contributed by atoms with Gasteiger partial charge in [-0.25, -0.2) is 0 Å². The number of primary amides is 1. The van der Waals surface area contributed by atoms with Gasteiger partial charge in [0.25, 0.3) is 0 Å². The van der Waals surface area contributed by atoms with Gasteiger partial charge >= 0.3 is 0 Å². The first-order chi connectivity index (χ1) is 12.1. The number of likely N-dealkylation sites (N-methyl/N-ethyl adjacent to an activating group) is 1. The van der Waals surface area contributed by atoms with Gasteiger partial charge in [-0.05, 0) is 43.6 Å². The molecular weight excluding hydrogens is 312 g/mol. The Balaban J connectivity index is 2.31. The third-order valence-corrected chi connectivity index (χ3v) is 4.59. The van der Waals surface area contributed by atoms with Gasteiger partial charge in [-0.15, -0.1) is 13.2 Å². The van der Waals surface area contributed by atoms with Crippen LogP contribution in [0.25, 0.3) is 0 Å². The maximum atomic E-state index is 11.6. The monoisotopic (exact) mass is 342 g/mol. The molecule has 0 aromatic heterocycles. The van der Waals surface area contributed by atoms with Crippen molar-refractivity contribution in [3.63, 3.8) is 0 Å². The first-order valence-corrected chi connectivity index (χ1v) is 8.85. The Bertz CT molecular complexity index is 614. The van der Waals surface area contributed by atoms with Gasteiger partial charge in [0.1, 0.15) is 0 Å². The molecule has 0 saturated carbocycles. The highest BCUT2D eigenvalue weighted by Crippen LogP contribution is 2.34. The number of carbonyl (C=O) groups excluding carboxylic acids is 1. The lowest BCUT2D eigenvalue weighted by Gasteiger charge is -2.34. The molecular formula is C20H30N4O. The first-order valence-electron chi connectivity index (χ1n) is 8.85. The summed E-state index contributed by atoms with van der Waals surface area (Å²) in [5, 5.41) is 3.57. The molecule has 25 heavy (non-hydrogen) atoms. The second kappa shape index (κ2) is 9.39. The van der Waals surface area contributed by atoms with Crippen LogP contribution in [0.1, 0.15) is 23.6 Å². The number of carbonyl (C=O) groups is 1. The number of nitrogens with two attached hydrogens (primary N) is 1. The lowest BCUT2D eigenvalue weighted by atomic mass is 9.90. The molecule has 0 saturated heterocycles. The highest BCUT2D eigenvalue weighted by molar-refractivity contribution is 5.80. The molecule has 1 aliphatic rings. The van der Waals surface area contributed by atoms with E-state index in [4.69, 9.17) is 5.73 Å². The van der Waals surface area contributed by atoms with Gasteiger partial charge in [0.2, 0.25) is 5.91 Å². The largest absolute Gasteiger partial charge is 0.368 e. The molecule has 0 fully saturated rings. The number of nitrogens with one attached hydrogen (secondary N) is 1. The van der Waals surface area contributed by atoms with E-state index >= 15 is 0 Å². The Kier molecular flexibility index (Phi) is 7.22. The average Bonchev–Trinajstić information content (AvgIpc) is 2.58. The summed E-state index contributed by atoms with van der Waals surface area (Å²) in [5.74, 6) is -0.312. The molecule has 1 unspecified atom stereocenters. The zero-order chi connectivity index (χ0) is 18.2. The van der Waals surface area contributed by atoms with Crippen molar-refractivity contribution in [3.8, 4) is 0 Å². The second-order valence-electron chi connectivity index (χ2n) is 6.57. The summed E-state index contributed by atoms with van der Waals surface area (Å²) < 4.78 is 0. The molecule has 1 aromatic rings. The van der Waals surface area contributed by atoms with Gasteiger partial charge in [-0.1, -0.05) is 24.3 Å². The lowest BCUT2D eigenvalue weighted by Crippen LogP contribution is -2.41. The molecule has 1 heterocycles. The SMILES string of the molecule is C=CCC1NCCc2cccc(N(CCN(C)CC=C)CC(N)=O)c21. The predicted molar refractivity (Wildman–Crippen MR) is 105 cm³/mol. The van der Waals surface area contributed by atoms with Crippen molar-refractivity contribution in [2.75, 3.05) is 44.7 Å². The van der Waals surface area contributed by atoms with E-state index in [-0.39, 0.29) is 18.5 Å². The second-order valence-corrected chi connectivity index (χ2v) is 6.57. The van der Waals surface area contributed by atoms with Crippen LogP contribution >= 0.6 is 0 Å². The molecule has 5 heteroatoms. The highest BCUT2D eigenvalue weighted by Gasteiger charge is 2.24. The van der Waals surface area contributed by atoms with Crippen LogP contribution in [0, 0.1) is 0 Å². The van der Waals surface area contributed by atoms with Crippen LogP contribution in [0.3, 0.4) is 0 Å². The van der Waals surface area contributed by atoms with Crippen LogP contribution < -0.4 is 16.0 Å². The van der Waals surface area contributed by atoms with Crippen LogP contribution in [0.5, 0.6) is 0 Å². The fourth-order valence-electron chi connectivity index (χ4n) is 3.42. The molecule has 1 aromatic carbocycles. The molecule has 2 rings (SSSR count). The summed E-state index contributed by atoms with van der Waals surface area (Å²) in [6.07, 6.45) is 5.69. The van der Waals surface area contributed by atoms with E-state index in [2.05, 4.69) is 46.5 Å². The number of benzene rings is 1. The van der Waals surface area contributed by atoms with Crippen LogP contribution in [0.2, 0.25) is 0 Å². The van der Waals surface area contributed by atoms with Crippen LogP contribution in [-0.4, -0.2) is 50.6 Å². The van der Waals surface area contributed by atoms with Crippen molar-refractivity contribution in [3.05, 3.63) is 54.6 Å². The number of amides is 1. The zero-order valence-electron chi connectivity index (χ0n) is 15.2. The molecule has 0 radical (unpaired) electrons. The van der Waals surface area contributed by atoms with E-state index in [9.17, 15) is 4.79 Å². The summed E-state index contributed by atoms with van der Waals surface area (Å²) in [6, 6.07) is 6.59. The Morgan fingerprint density at radius 1 is 1.36 bits per heavy atom. The summed E-state index contributed by atoms with van der Waals surface area (Å²) >= 11 is 0. The van der Waals surface area contributed by atoms with E-state index in [0.29, 0.717) is 0 Å². The van der Waals surface area contributed by atoms with Crippen molar-refractivity contribution >= 4 is 11.6 Å². The number of hydrogen-bond acceptors (Lipinski definition) is 4. The quantitative estimate of drug-likeness (QED) is 0.637. The predicted octanol–water partition coefficient (Wildman–Crippen LogP) is 1.86. The topological polar surface area (TPSA) is 61.6 Å². The molecule has 1 amide bonds. The van der Waals surface area contributed by atoms with Gasteiger partial charge < -0.3 is 20.9 Å². The summed E-state index contributed by atoms with van der Waals surface area (Å²) in [5.41, 5.74) is 9.25. The number of anilines is 1. The first kappa shape index (κ1) is 19.2. The number of rotatable bonds is 10. The van der Waals surface area contributed by atoms with E-state index in [0.717, 1.165) is 44.7 Å². The Morgan fingerprint density at radius 3 is 2.84 bits per heavy atom. The van der Waals surface area contributed by atoms with Gasteiger partial charge in [-0.3, -0.25) is 4.79 Å². The number of fused-ring (bicyclic) bond motifs is 1. The van der Waals surface area contributed by atoms with E-state index in [1.54, 1.807) is 0 Å². The molecule has 3 N–H and O–H groups in total. The smallest absolute Gasteiger partial charge is 0.236 e. The van der Waals surface area contributed by atoms with Crippen molar-refractivity contribution in [2.45, 2.75) is 18.9 Å². The van der Waals surface area contributed by atoms with Gasteiger partial charge in [0, 0.05) is 31.4 Å². The zero-order valence-corrected chi connectivity index (χ0v) is 15.2. The van der Waals surface area contributed by atoms with Gasteiger partial charge in [0.15, 0.2) is 0 Å². The summed E-state index contributed by atoms with van der Waals surface area (Å²) in [4.78, 5) is 15.9. The average molecular weight is 342 g/mol. The maximum absolute atomic E-state index is 11.6. The summed E-state index contributed by atoms with van der Waals surface area (Å²) in [6.45, 7) is 11.2. The minimum absolute atomic E-state index is 0.221. The standard InChI is InChI=1S/C20H30N4O/c1-4-7-17-20-16(10-11-22-17)8-6-9-18(20)24(15-19(21)25)14-13-23(3)12-5-2/h4-6,8-9,17,22H,1-2,7,10-15H2,3H3,(H2,21,25). The molecule has 1 aliphatic heterocycles. The number of nitrogens with zero attached hydrogens (tertiary/aromatic N) is 2. The van der Waals surface area contributed by atoms with E-state index in [1.807, 2.05) is 19.2 Å². The Hall–Kier alpha value is -2.11. The minimum atomic E-state index is -0.312. The maximum Gasteiger partial charge on any atom is 0.236 e. The fraction of sp³-hybridized carbons (Fsp3) is 0.450. The molecule has 0 bridgehead atoms. The van der Waals surface area contributed by atoms with Crippen LogP contribution in [0.4, 0.5) is 5.69 Å². The lowest BCUT2D eigenvalue weighted by molar-refractivity contribution is -0.116. The third-order valence-electron chi connectivity index (χ3n) is 4.59. The van der Waals surface area contributed by atoms with Crippen LogP contribution in [0.15, 0.2) is 43.5 Å². The Labute approximate surface area is 151 Å². The van der Waals surface area contributed by atoms with E-state index in [1.165, 1.54) is 11.1 Å². The molecule has 0 spiro atoms. The fourth-order valence-corrected chi connectivity index (χ4v) is 3.42. The third kappa shape index (κ3) is 5.18. The number of hydrogen-bond donors (Lipinski definition) is 2. The highest BCUT2D eigenvalue weighted by atomic mass is 16.1. The van der Waals surface area contributed by atoms with Crippen molar-refractivity contribution < 1.29 is 4.79 Å². The normalized spacial score (nSPS) is 16.3. The molecule has 5 nitrogen and oxygen atoms in total. The molecule has 136 valence electrons.